The van der Waals surface area contributed by atoms with E-state index in [2.05, 4.69) is 4.99 Å². The summed E-state index contributed by atoms with van der Waals surface area (Å²) in [6.45, 7) is 0. The summed E-state index contributed by atoms with van der Waals surface area (Å²) >= 11 is 13.5. The molecule has 0 atom stereocenters. The monoisotopic (exact) mass is 336 g/mol. The van der Waals surface area contributed by atoms with E-state index >= 15 is 0 Å². The van der Waals surface area contributed by atoms with Gasteiger partial charge in [-0.3, -0.25) is 4.79 Å². The highest BCUT2D eigenvalue weighted by Crippen LogP contribution is 2.34. The van der Waals surface area contributed by atoms with Crippen LogP contribution in [0.5, 0.6) is 0 Å². The number of nitrogens with zero attached hydrogens (tertiary/aromatic N) is 2. The standard InChI is InChI=1S/C15H10Cl2N2OS/c16-11-6-12(17)8-13(7-11)19-9-21-15(19)18-14(20)10-4-2-1-3-5-10/h1-8H,9H2/b18-15-. The van der Waals surface area contributed by atoms with E-state index in [1.54, 1.807) is 30.3 Å². The van der Waals surface area contributed by atoms with Crippen LogP contribution in [0, 0.1) is 0 Å². The summed E-state index contributed by atoms with van der Waals surface area (Å²) < 4.78 is 0. The van der Waals surface area contributed by atoms with Crippen molar-refractivity contribution >= 4 is 51.7 Å². The van der Waals surface area contributed by atoms with Crippen molar-refractivity contribution in [2.45, 2.75) is 0 Å². The molecule has 1 aliphatic heterocycles. The average molecular weight is 337 g/mol. The molecule has 3 rings (SSSR count). The Morgan fingerprint density at radius 1 is 1.10 bits per heavy atom. The van der Waals surface area contributed by atoms with Crippen LogP contribution in [0.2, 0.25) is 10.0 Å². The molecule has 0 radical (unpaired) electrons. The highest BCUT2D eigenvalue weighted by molar-refractivity contribution is 8.16. The molecule has 0 aliphatic carbocycles. The lowest BCUT2D eigenvalue weighted by Gasteiger charge is -2.33. The van der Waals surface area contributed by atoms with Gasteiger partial charge in [-0.2, -0.15) is 4.99 Å². The first-order chi connectivity index (χ1) is 10.1. The van der Waals surface area contributed by atoms with Crippen molar-refractivity contribution in [3.05, 3.63) is 64.1 Å². The second-order valence-electron chi connectivity index (χ2n) is 4.39. The Labute approximate surface area is 136 Å². The zero-order valence-corrected chi connectivity index (χ0v) is 13.1. The van der Waals surface area contributed by atoms with Gasteiger partial charge >= 0.3 is 0 Å². The van der Waals surface area contributed by atoms with E-state index in [1.165, 1.54) is 11.8 Å². The van der Waals surface area contributed by atoms with E-state index in [9.17, 15) is 4.79 Å². The maximum Gasteiger partial charge on any atom is 0.279 e. The van der Waals surface area contributed by atoms with Crippen LogP contribution in [0.3, 0.4) is 0 Å². The van der Waals surface area contributed by atoms with Crippen LogP contribution in [-0.2, 0) is 0 Å². The molecule has 0 aromatic heterocycles. The van der Waals surface area contributed by atoms with Gasteiger partial charge in [0.1, 0.15) is 0 Å². The van der Waals surface area contributed by atoms with Gasteiger partial charge in [-0.15, -0.1) is 0 Å². The highest BCUT2D eigenvalue weighted by atomic mass is 35.5. The van der Waals surface area contributed by atoms with Crippen molar-refractivity contribution in [3.63, 3.8) is 0 Å². The van der Waals surface area contributed by atoms with E-state index in [-0.39, 0.29) is 5.91 Å². The lowest BCUT2D eigenvalue weighted by molar-refractivity contribution is 0.100. The van der Waals surface area contributed by atoms with Crippen molar-refractivity contribution < 1.29 is 4.79 Å². The number of hydrogen-bond acceptors (Lipinski definition) is 2. The van der Waals surface area contributed by atoms with Gasteiger partial charge < -0.3 is 4.90 Å². The van der Waals surface area contributed by atoms with Crippen LogP contribution in [0.4, 0.5) is 5.69 Å². The molecule has 0 unspecified atom stereocenters. The van der Waals surface area contributed by atoms with E-state index < -0.39 is 0 Å². The van der Waals surface area contributed by atoms with Gasteiger partial charge in [0.2, 0.25) is 0 Å². The average Bonchev–Trinajstić information content (AvgIpc) is 2.43. The van der Waals surface area contributed by atoms with Crippen molar-refractivity contribution in [3.8, 4) is 0 Å². The summed E-state index contributed by atoms with van der Waals surface area (Å²) in [5, 5.41) is 1.77. The van der Waals surface area contributed by atoms with Crippen molar-refractivity contribution in [1.82, 2.24) is 0 Å². The Bertz CT molecular complexity index is 699. The molecule has 0 N–H and O–H groups in total. The summed E-state index contributed by atoms with van der Waals surface area (Å²) in [5.41, 5.74) is 1.41. The lowest BCUT2D eigenvalue weighted by Crippen LogP contribution is -2.39. The Balaban J connectivity index is 1.84. The number of rotatable bonds is 2. The fraction of sp³-hybridized carbons (Fsp3) is 0.0667. The van der Waals surface area contributed by atoms with Crippen LogP contribution in [0.25, 0.3) is 0 Å². The quantitative estimate of drug-likeness (QED) is 0.796. The third-order valence-corrected chi connectivity index (χ3v) is 4.32. The smallest absolute Gasteiger partial charge is 0.279 e. The van der Waals surface area contributed by atoms with Gasteiger partial charge in [0.05, 0.1) is 5.88 Å². The summed E-state index contributed by atoms with van der Waals surface area (Å²) in [5.74, 6) is 0.466. The maximum absolute atomic E-state index is 12.1. The van der Waals surface area contributed by atoms with E-state index in [0.29, 0.717) is 20.8 Å². The second kappa shape index (κ2) is 6.10. The summed E-state index contributed by atoms with van der Waals surface area (Å²) in [6, 6.07) is 14.3. The minimum atomic E-state index is -0.254. The maximum atomic E-state index is 12.1. The molecule has 0 bridgehead atoms. The Morgan fingerprint density at radius 2 is 1.76 bits per heavy atom. The molecule has 1 saturated heterocycles. The van der Waals surface area contributed by atoms with Crippen LogP contribution >= 0.6 is 35.0 Å². The predicted octanol–water partition coefficient (Wildman–Crippen LogP) is 4.70. The predicted molar refractivity (Wildman–Crippen MR) is 89.6 cm³/mol. The molecular weight excluding hydrogens is 327 g/mol. The third kappa shape index (κ3) is 3.23. The van der Waals surface area contributed by atoms with Gasteiger partial charge in [0.15, 0.2) is 5.17 Å². The van der Waals surface area contributed by atoms with Crippen LogP contribution < -0.4 is 4.90 Å². The molecule has 106 valence electrons. The number of carbonyl (C=O) groups is 1. The van der Waals surface area contributed by atoms with Crippen LogP contribution in [0.15, 0.2) is 53.5 Å². The Morgan fingerprint density at radius 3 is 2.33 bits per heavy atom. The number of aliphatic imine (C=N–C) groups is 1. The molecule has 3 nitrogen and oxygen atoms in total. The van der Waals surface area contributed by atoms with Gasteiger partial charge in [-0.05, 0) is 30.3 Å². The number of halogens is 2. The van der Waals surface area contributed by atoms with Crippen LogP contribution in [0.1, 0.15) is 10.4 Å². The molecule has 6 heteroatoms. The zero-order chi connectivity index (χ0) is 14.8. The van der Waals surface area contributed by atoms with E-state index in [0.717, 1.165) is 11.6 Å². The van der Waals surface area contributed by atoms with Gasteiger partial charge in [-0.1, -0.05) is 53.2 Å². The molecule has 1 aliphatic rings. The molecule has 2 aromatic carbocycles. The van der Waals surface area contributed by atoms with Crippen molar-refractivity contribution in [2.75, 3.05) is 10.8 Å². The molecule has 0 saturated carbocycles. The van der Waals surface area contributed by atoms with Gasteiger partial charge in [0, 0.05) is 21.3 Å². The topological polar surface area (TPSA) is 32.7 Å². The third-order valence-electron chi connectivity index (χ3n) is 2.93. The van der Waals surface area contributed by atoms with Crippen molar-refractivity contribution in [1.29, 1.82) is 0 Å². The lowest BCUT2D eigenvalue weighted by atomic mass is 10.2. The van der Waals surface area contributed by atoms with Gasteiger partial charge in [0.25, 0.3) is 5.91 Å². The summed E-state index contributed by atoms with van der Waals surface area (Å²) in [4.78, 5) is 18.1. The Hall–Kier alpha value is -1.49. The van der Waals surface area contributed by atoms with E-state index in [1.807, 2.05) is 23.1 Å². The molecule has 2 aromatic rings. The largest absolute Gasteiger partial charge is 0.310 e. The molecule has 1 amide bonds. The normalized spacial score (nSPS) is 15.9. The van der Waals surface area contributed by atoms with Crippen molar-refractivity contribution in [2.24, 2.45) is 4.99 Å². The number of amidine groups is 1. The summed E-state index contributed by atoms with van der Waals surface area (Å²) in [6.07, 6.45) is 0. The molecule has 1 heterocycles. The Kier molecular flexibility index (Phi) is 4.19. The molecule has 1 fully saturated rings. The highest BCUT2D eigenvalue weighted by Gasteiger charge is 2.26. The number of thioether (sulfide) groups is 1. The van der Waals surface area contributed by atoms with Crippen LogP contribution in [-0.4, -0.2) is 17.0 Å². The first-order valence-corrected chi connectivity index (χ1v) is 7.92. The number of hydrogen-bond donors (Lipinski definition) is 0. The minimum absolute atomic E-state index is 0.254. The second-order valence-corrected chi connectivity index (χ2v) is 6.18. The minimum Gasteiger partial charge on any atom is -0.310 e. The fourth-order valence-electron chi connectivity index (χ4n) is 1.89. The first-order valence-electron chi connectivity index (χ1n) is 6.18. The number of carbonyl (C=O) groups excluding carboxylic acids is 1. The molecule has 0 spiro atoms. The molecule has 21 heavy (non-hydrogen) atoms. The SMILES string of the molecule is O=C(/N=C1\SCN1c1cc(Cl)cc(Cl)c1)c1ccccc1. The van der Waals surface area contributed by atoms with Gasteiger partial charge in [-0.25, -0.2) is 0 Å². The van der Waals surface area contributed by atoms with E-state index in [4.69, 9.17) is 23.2 Å². The number of anilines is 1. The zero-order valence-electron chi connectivity index (χ0n) is 10.8. The molecular formula is C15H10Cl2N2OS. The number of benzene rings is 2. The fourth-order valence-corrected chi connectivity index (χ4v) is 3.18. The summed E-state index contributed by atoms with van der Waals surface area (Å²) in [7, 11) is 0. The first kappa shape index (κ1) is 14.4. The number of amides is 1.